The van der Waals surface area contributed by atoms with Crippen LogP contribution in [-0.2, 0) is 28.6 Å². The maximum Gasteiger partial charge on any atom is 0.306 e. The Kier molecular flexibility index (Phi) is 51.4. The quantitative estimate of drug-likeness (QED) is 0.0199. The van der Waals surface area contributed by atoms with Crippen LogP contribution in [-0.4, -0.2) is 37.2 Å². The van der Waals surface area contributed by atoms with E-state index in [1.54, 1.807) is 0 Å². The second-order valence-corrected chi connectivity index (χ2v) is 18.2. The van der Waals surface area contributed by atoms with Crippen LogP contribution in [0.2, 0.25) is 0 Å². The molecule has 0 aliphatic rings. The van der Waals surface area contributed by atoms with Crippen molar-refractivity contribution in [2.45, 2.75) is 264 Å². The molecule has 0 aromatic carbocycles. The Morgan fingerprint density at radius 1 is 0.318 bits per heavy atom. The Hall–Kier alpha value is -3.41. The van der Waals surface area contributed by atoms with Crippen molar-refractivity contribution in [2.75, 3.05) is 13.2 Å². The summed E-state index contributed by atoms with van der Waals surface area (Å²) in [5.41, 5.74) is 0. The van der Waals surface area contributed by atoms with Gasteiger partial charge in [-0.05, 0) is 89.9 Å². The monoisotopic (exact) mass is 919 g/mol. The predicted octanol–water partition coefficient (Wildman–Crippen LogP) is 18.4. The molecular weight excluding hydrogens is 817 g/mol. The van der Waals surface area contributed by atoms with Gasteiger partial charge in [-0.3, -0.25) is 14.4 Å². The number of ether oxygens (including phenoxy) is 3. The molecular formula is C60H102O6. The average Bonchev–Trinajstić information content (AvgIpc) is 3.31. The van der Waals surface area contributed by atoms with Crippen molar-refractivity contribution in [3.8, 4) is 0 Å². The molecule has 66 heavy (non-hydrogen) atoms. The number of allylic oxidation sites excluding steroid dienone is 14. The Morgan fingerprint density at radius 3 is 1.03 bits per heavy atom. The molecule has 1 atom stereocenters. The molecule has 0 saturated heterocycles. The third-order valence-corrected chi connectivity index (χ3v) is 11.7. The lowest BCUT2D eigenvalue weighted by Crippen LogP contribution is -2.30. The second-order valence-electron chi connectivity index (χ2n) is 18.2. The molecule has 1 unspecified atom stereocenters. The van der Waals surface area contributed by atoms with Crippen molar-refractivity contribution in [2.24, 2.45) is 0 Å². The summed E-state index contributed by atoms with van der Waals surface area (Å²) >= 11 is 0. The molecule has 0 aliphatic carbocycles. The fourth-order valence-corrected chi connectivity index (χ4v) is 7.56. The molecule has 0 spiro atoms. The van der Waals surface area contributed by atoms with Crippen molar-refractivity contribution >= 4 is 17.9 Å². The minimum absolute atomic E-state index is 0.0929. The highest BCUT2D eigenvalue weighted by Crippen LogP contribution is 2.15. The van der Waals surface area contributed by atoms with Crippen molar-refractivity contribution in [1.82, 2.24) is 0 Å². The molecule has 0 aromatic rings. The fourth-order valence-electron chi connectivity index (χ4n) is 7.56. The van der Waals surface area contributed by atoms with Gasteiger partial charge in [0.15, 0.2) is 6.10 Å². The topological polar surface area (TPSA) is 78.9 Å². The van der Waals surface area contributed by atoms with Gasteiger partial charge in [-0.1, -0.05) is 234 Å². The summed E-state index contributed by atoms with van der Waals surface area (Å²) in [5, 5.41) is 0. The van der Waals surface area contributed by atoms with Crippen molar-refractivity contribution < 1.29 is 28.6 Å². The lowest BCUT2D eigenvalue weighted by atomic mass is 10.1. The highest BCUT2D eigenvalue weighted by atomic mass is 16.6. The van der Waals surface area contributed by atoms with Crippen LogP contribution < -0.4 is 0 Å². The summed E-state index contributed by atoms with van der Waals surface area (Å²) in [6.45, 7) is 6.44. The zero-order valence-corrected chi connectivity index (χ0v) is 43.2. The van der Waals surface area contributed by atoms with Crippen LogP contribution in [0.5, 0.6) is 0 Å². The number of hydrogen-bond donors (Lipinski definition) is 0. The Morgan fingerprint density at radius 2 is 0.606 bits per heavy atom. The van der Waals surface area contributed by atoms with E-state index in [0.29, 0.717) is 19.3 Å². The summed E-state index contributed by atoms with van der Waals surface area (Å²) in [6, 6.07) is 0. The Balaban J connectivity index is 4.42. The van der Waals surface area contributed by atoms with Gasteiger partial charge >= 0.3 is 17.9 Å². The minimum atomic E-state index is -0.797. The van der Waals surface area contributed by atoms with E-state index < -0.39 is 6.10 Å². The molecule has 0 radical (unpaired) electrons. The van der Waals surface area contributed by atoms with Crippen molar-refractivity contribution in [3.63, 3.8) is 0 Å². The van der Waals surface area contributed by atoms with E-state index in [-0.39, 0.29) is 31.1 Å². The van der Waals surface area contributed by atoms with Crippen LogP contribution in [0.15, 0.2) is 85.1 Å². The van der Waals surface area contributed by atoms with E-state index in [1.165, 1.54) is 122 Å². The molecule has 0 fully saturated rings. The number of esters is 3. The fraction of sp³-hybridized carbons (Fsp3) is 0.717. The van der Waals surface area contributed by atoms with E-state index in [4.69, 9.17) is 14.2 Å². The average molecular weight is 919 g/mol. The van der Waals surface area contributed by atoms with Gasteiger partial charge in [-0.2, -0.15) is 0 Å². The summed E-state index contributed by atoms with van der Waals surface area (Å²) in [6.07, 6.45) is 69.9. The lowest BCUT2D eigenvalue weighted by molar-refractivity contribution is -0.167. The van der Waals surface area contributed by atoms with E-state index in [0.717, 1.165) is 96.3 Å². The van der Waals surface area contributed by atoms with Gasteiger partial charge < -0.3 is 14.2 Å². The minimum Gasteiger partial charge on any atom is -0.462 e. The van der Waals surface area contributed by atoms with Crippen LogP contribution in [0, 0.1) is 0 Å². The SMILES string of the molecule is CC\C=C/C=C\C=C/C=C\CCCCCCCC(=O)OC(COC(=O)CCCCC/C=C\CCCCCCCCC)COC(=O)CCCCCCCCCCCC/C=C\C=C/CCCCC. The zero-order chi connectivity index (χ0) is 47.9. The highest BCUT2D eigenvalue weighted by Gasteiger charge is 2.19. The first kappa shape index (κ1) is 62.6. The first-order valence-electron chi connectivity index (χ1n) is 27.7. The van der Waals surface area contributed by atoms with Gasteiger partial charge in [0.2, 0.25) is 0 Å². The third-order valence-electron chi connectivity index (χ3n) is 11.7. The van der Waals surface area contributed by atoms with Crippen molar-refractivity contribution in [3.05, 3.63) is 85.1 Å². The standard InChI is InChI=1S/C60H102O6/c1-4-7-10-13-16-19-22-25-28-29-30-31-33-35-38-41-44-47-50-53-59(62)65-56-57(55-64-58(61)52-49-46-43-40-37-34-27-24-21-18-15-12-9-6-3)66-60(63)54-51-48-45-42-39-36-32-26-23-20-17-14-11-8-5-2/h8,11,14,16-17,19-20,22-23,25-26,32,34,37,57H,4-7,9-10,12-13,15,18,21,24,27-31,33,35-36,38-56H2,1-3H3/b11-8-,17-14-,19-16-,23-20-,25-22-,32-26-,37-34-. The molecule has 378 valence electrons. The first-order valence-corrected chi connectivity index (χ1v) is 27.7. The highest BCUT2D eigenvalue weighted by molar-refractivity contribution is 5.71. The maximum absolute atomic E-state index is 12.8. The van der Waals surface area contributed by atoms with Gasteiger partial charge in [-0.15, -0.1) is 0 Å². The summed E-state index contributed by atoms with van der Waals surface area (Å²) in [5.74, 6) is -0.933. The zero-order valence-electron chi connectivity index (χ0n) is 43.2. The molecule has 0 N–H and O–H groups in total. The number of carbonyl (C=O) groups excluding carboxylic acids is 3. The first-order chi connectivity index (χ1) is 32.5. The third kappa shape index (κ3) is 51.6. The van der Waals surface area contributed by atoms with E-state index in [1.807, 2.05) is 18.2 Å². The second kappa shape index (κ2) is 54.2. The molecule has 0 aromatic heterocycles. The number of rotatable bonds is 49. The number of hydrogen-bond acceptors (Lipinski definition) is 6. The maximum atomic E-state index is 12.8. The molecule has 0 heterocycles. The summed E-state index contributed by atoms with van der Waals surface area (Å²) < 4.78 is 16.8. The van der Waals surface area contributed by atoms with Gasteiger partial charge in [-0.25, -0.2) is 0 Å². The van der Waals surface area contributed by atoms with Crippen LogP contribution in [0.4, 0.5) is 0 Å². The largest absolute Gasteiger partial charge is 0.462 e. The van der Waals surface area contributed by atoms with E-state index in [2.05, 4.69) is 87.6 Å². The molecule has 6 nitrogen and oxygen atoms in total. The number of unbranched alkanes of at least 4 members (excludes halogenated alkanes) is 28. The number of carbonyl (C=O) groups is 3. The van der Waals surface area contributed by atoms with Crippen LogP contribution >= 0.6 is 0 Å². The molecule has 0 saturated carbocycles. The Labute approximate surface area is 407 Å². The smallest absolute Gasteiger partial charge is 0.306 e. The van der Waals surface area contributed by atoms with Gasteiger partial charge in [0.05, 0.1) is 0 Å². The van der Waals surface area contributed by atoms with Gasteiger partial charge in [0.25, 0.3) is 0 Å². The molecule has 0 rings (SSSR count). The summed E-state index contributed by atoms with van der Waals surface area (Å²) in [4.78, 5) is 38.1. The van der Waals surface area contributed by atoms with E-state index >= 15 is 0 Å². The van der Waals surface area contributed by atoms with Gasteiger partial charge in [0.1, 0.15) is 13.2 Å². The normalized spacial score (nSPS) is 12.7. The predicted molar refractivity (Wildman–Crippen MR) is 284 cm³/mol. The summed E-state index contributed by atoms with van der Waals surface area (Å²) in [7, 11) is 0. The molecule has 0 aliphatic heterocycles. The van der Waals surface area contributed by atoms with Gasteiger partial charge in [0, 0.05) is 19.3 Å². The molecule has 0 bridgehead atoms. The van der Waals surface area contributed by atoms with Crippen LogP contribution in [0.3, 0.4) is 0 Å². The van der Waals surface area contributed by atoms with Crippen LogP contribution in [0.1, 0.15) is 258 Å². The van der Waals surface area contributed by atoms with Crippen molar-refractivity contribution in [1.29, 1.82) is 0 Å². The molecule has 0 amide bonds. The van der Waals surface area contributed by atoms with Crippen LogP contribution in [0.25, 0.3) is 0 Å². The van der Waals surface area contributed by atoms with E-state index in [9.17, 15) is 14.4 Å². The molecule has 6 heteroatoms. The Bertz CT molecular complexity index is 1290. The lowest BCUT2D eigenvalue weighted by Gasteiger charge is -2.18.